The van der Waals surface area contributed by atoms with E-state index in [-0.39, 0.29) is 11.7 Å². The first-order valence-corrected chi connectivity index (χ1v) is 8.80. The lowest BCUT2D eigenvalue weighted by molar-refractivity contribution is -0.137. The van der Waals surface area contributed by atoms with Gasteiger partial charge < -0.3 is 4.74 Å². The second kappa shape index (κ2) is 7.72. The Hall–Kier alpha value is -2.34. The summed E-state index contributed by atoms with van der Waals surface area (Å²) < 4.78 is 44.0. The molecule has 1 aliphatic rings. The average Bonchev–Trinajstić information content (AvgIpc) is 2.63. The maximum absolute atomic E-state index is 12.7. The van der Waals surface area contributed by atoms with E-state index in [0.717, 1.165) is 17.7 Å². The van der Waals surface area contributed by atoms with Crippen LogP contribution in [0.3, 0.4) is 0 Å². The van der Waals surface area contributed by atoms with Crippen LogP contribution in [0.4, 0.5) is 13.2 Å². The van der Waals surface area contributed by atoms with E-state index in [0.29, 0.717) is 35.7 Å². The molecule has 3 rings (SSSR count). The summed E-state index contributed by atoms with van der Waals surface area (Å²) in [5.41, 5.74) is 0.764. The van der Waals surface area contributed by atoms with Crippen molar-refractivity contribution in [2.45, 2.75) is 37.5 Å². The minimum atomic E-state index is -4.39. The number of carbonyl (C=O) groups is 1. The van der Waals surface area contributed by atoms with Crippen molar-refractivity contribution in [2.75, 3.05) is 0 Å². The third kappa shape index (κ3) is 4.50. The van der Waals surface area contributed by atoms with Crippen molar-refractivity contribution < 1.29 is 22.7 Å². The highest BCUT2D eigenvalue weighted by Gasteiger charge is 2.32. The van der Waals surface area contributed by atoms with Crippen LogP contribution >= 0.6 is 11.6 Å². The number of hydrogen-bond acceptors (Lipinski definition) is 3. The van der Waals surface area contributed by atoms with Crippen molar-refractivity contribution in [3.63, 3.8) is 0 Å². The van der Waals surface area contributed by atoms with E-state index in [1.54, 1.807) is 6.07 Å². The Bertz CT molecular complexity index is 849. The van der Waals surface area contributed by atoms with Gasteiger partial charge in [0.2, 0.25) is 0 Å². The number of alkyl halides is 3. The summed E-state index contributed by atoms with van der Waals surface area (Å²) in [6.45, 7) is 3.50. The second-order valence-corrected chi connectivity index (χ2v) is 6.84. The van der Waals surface area contributed by atoms with Crippen molar-refractivity contribution in [1.29, 1.82) is 0 Å². The molecule has 0 saturated carbocycles. The van der Waals surface area contributed by atoms with E-state index in [4.69, 9.17) is 16.3 Å². The summed E-state index contributed by atoms with van der Waals surface area (Å²) in [7, 11) is 0. The molecule has 1 heterocycles. The maximum Gasteiger partial charge on any atom is 0.416 e. The number of carbonyl (C=O) groups excluding carboxylic acids is 1. The lowest BCUT2D eigenvalue weighted by atomic mass is 9.81. The smallest absolute Gasteiger partial charge is 0.416 e. The Morgan fingerprint density at radius 1 is 1.30 bits per heavy atom. The summed E-state index contributed by atoms with van der Waals surface area (Å²) in [6, 6.07) is 6.34. The fraction of sp³-hybridized carbons (Fsp3) is 0.300. The number of rotatable bonds is 5. The zero-order chi connectivity index (χ0) is 19.6. The third-order valence-corrected chi connectivity index (χ3v) is 4.78. The number of pyridine rings is 1. The molecular formula is C20H17ClF3NO2. The van der Waals surface area contributed by atoms with Gasteiger partial charge in [0.25, 0.3) is 0 Å². The number of benzene rings is 1. The molecule has 1 aliphatic carbocycles. The summed E-state index contributed by atoms with van der Waals surface area (Å²) >= 11 is 6.07. The van der Waals surface area contributed by atoms with E-state index in [2.05, 4.69) is 11.6 Å². The third-order valence-electron chi connectivity index (χ3n) is 4.57. The maximum atomic E-state index is 12.7. The minimum absolute atomic E-state index is 0.0378. The van der Waals surface area contributed by atoms with Crippen molar-refractivity contribution >= 4 is 17.4 Å². The SMILES string of the molecule is C=CC(=O)C[C@@H]1CC[C@H](Oc2ccc(C(F)(F)F)cc2)c2ncc(Cl)cc21. The van der Waals surface area contributed by atoms with E-state index < -0.39 is 17.8 Å². The molecule has 0 bridgehead atoms. The van der Waals surface area contributed by atoms with Crippen LogP contribution < -0.4 is 4.74 Å². The van der Waals surface area contributed by atoms with Crippen LogP contribution in [0, 0.1) is 0 Å². The van der Waals surface area contributed by atoms with Gasteiger partial charge in [0.15, 0.2) is 5.78 Å². The number of nitrogens with zero attached hydrogens (tertiary/aromatic N) is 1. The van der Waals surface area contributed by atoms with Gasteiger partial charge in [0.05, 0.1) is 16.3 Å². The standard InChI is InChI=1S/C20H17ClF3NO2/c1-2-15(26)9-12-3-8-18(19-17(12)10-14(21)11-25-19)27-16-6-4-13(5-7-16)20(22,23)24/h2,4-7,10-12,18H,1,3,8-9H2/t12-,18-/m0/s1. The minimum Gasteiger partial charge on any atom is -0.484 e. The summed E-state index contributed by atoms with van der Waals surface area (Å²) in [6.07, 6.45) is -0.421. The molecule has 27 heavy (non-hydrogen) atoms. The predicted octanol–water partition coefficient (Wildman–Crippen LogP) is 5.90. The molecule has 0 N–H and O–H groups in total. The van der Waals surface area contributed by atoms with Crippen molar-refractivity contribution in [3.05, 3.63) is 71.0 Å². The number of halogens is 4. The normalized spacial score (nSPS) is 19.3. The molecule has 142 valence electrons. The van der Waals surface area contributed by atoms with E-state index >= 15 is 0 Å². The predicted molar refractivity (Wildman–Crippen MR) is 95.9 cm³/mol. The molecule has 0 amide bonds. The molecule has 0 aliphatic heterocycles. The Labute approximate surface area is 159 Å². The van der Waals surface area contributed by atoms with Gasteiger partial charge >= 0.3 is 6.18 Å². The van der Waals surface area contributed by atoms with E-state index in [1.165, 1.54) is 24.4 Å². The van der Waals surface area contributed by atoms with Crippen LogP contribution in [0.15, 0.2) is 49.2 Å². The Balaban J connectivity index is 1.83. The van der Waals surface area contributed by atoms with Gasteiger partial charge in [-0.25, -0.2) is 0 Å². The summed E-state index contributed by atoms with van der Waals surface area (Å²) in [5.74, 6) is 0.230. The highest BCUT2D eigenvalue weighted by Crippen LogP contribution is 2.41. The van der Waals surface area contributed by atoms with Gasteiger partial charge in [-0.1, -0.05) is 18.2 Å². The number of aromatic nitrogens is 1. The molecule has 0 saturated heterocycles. The highest BCUT2D eigenvalue weighted by atomic mass is 35.5. The van der Waals surface area contributed by atoms with Crippen molar-refractivity contribution in [2.24, 2.45) is 0 Å². The number of allylic oxidation sites excluding steroid dienone is 1. The van der Waals surface area contributed by atoms with Gasteiger partial charge in [0.1, 0.15) is 11.9 Å². The highest BCUT2D eigenvalue weighted by molar-refractivity contribution is 6.30. The molecule has 1 aromatic heterocycles. The van der Waals surface area contributed by atoms with Gasteiger partial charge in [0, 0.05) is 12.6 Å². The van der Waals surface area contributed by atoms with Crippen LogP contribution in [0.5, 0.6) is 5.75 Å². The van der Waals surface area contributed by atoms with Crippen LogP contribution in [-0.4, -0.2) is 10.8 Å². The number of ketones is 1. The van der Waals surface area contributed by atoms with Gasteiger partial charge in [-0.15, -0.1) is 0 Å². The molecule has 2 atom stereocenters. The zero-order valence-electron chi connectivity index (χ0n) is 14.3. The number of fused-ring (bicyclic) bond motifs is 1. The fourth-order valence-corrected chi connectivity index (χ4v) is 3.41. The molecule has 0 radical (unpaired) electrons. The average molecular weight is 396 g/mol. The van der Waals surface area contributed by atoms with E-state index in [1.807, 2.05) is 0 Å². The van der Waals surface area contributed by atoms with Crippen LogP contribution in [-0.2, 0) is 11.0 Å². The number of hydrogen-bond donors (Lipinski definition) is 0. The van der Waals surface area contributed by atoms with Crippen LogP contribution in [0.25, 0.3) is 0 Å². The first-order chi connectivity index (χ1) is 12.8. The first kappa shape index (κ1) is 19.4. The second-order valence-electron chi connectivity index (χ2n) is 6.41. The van der Waals surface area contributed by atoms with Crippen molar-refractivity contribution in [1.82, 2.24) is 4.98 Å². The van der Waals surface area contributed by atoms with Gasteiger partial charge in [-0.3, -0.25) is 9.78 Å². The van der Waals surface area contributed by atoms with Gasteiger partial charge in [-0.05, 0) is 60.7 Å². The Morgan fingerprint density at radius 3 is 2.63 bits per heavy atom. The van der Waals surface area contributed by atoms with Gasteiger partial charge in [-0.2, -0.15) is 13.2 Å². The molecule has 0 unspecified atom stereocenters. The largest absolute Gasteiger partial charge is 0.484 e. The lowest BCUT2D eigenvalue weighted by Crippen LogP contribution is -2.21. The zero-order valence-corrected chi connectivity index (χ0v) is 15.1. The van der Waals surface area contributed by atoms with Crippen LogP contribution in [0.1, 0.15) is 48.1 Å². The number of ether oxygens (including phenoxy) is 1. The first-order valence-electron chi connectivity index (χ1n) is 8.42. The topological polar surface area (TPSA) is 39.2 Å². The molecule has 7 heteroatoms. The molecule has 0 spiro atoms. The molecule has 3 nitrogen and oxygen atoms in total. The fourth-order valence-electron chi connectivity index (χ4n) is 3.25. The summed E-state index contributed by atoms with van der Waals surface area (Å²) in [5, 5.41) is 0.458. The Kier molecular flexibility index (Phi) is 5.56. The Morgan fingerprint density at radius 2 is 2.00 bits per heavy atom. The quantitative estimate of drug-likeness (QED) is 0.592. The van der Waals surface area contributed by atoms with Crippen LogP contribution in [0.2, 0.25) is 5.02 Å². The van der Waals surface area contributed by atoms with Crippen molar-refractivity contribution in [3.8, 4) is 5.75 Å². The summed E-state index contributed by atoms with van der Waals surface area (Å²) in [4.78, 5) is 16.1. The lowest BCUT2D eigenvalue weighted by Gasteiger charge is -2.30. The van der Waals surface area contributed by atoms with E-state index in [9.17, 15) is 18.0 Å². The molecule has 0 fully saturated rings. The molecule has 1 aromatic carbocycles. The monoisotopic (exact) mass is 395 g/mol. The molecular weight excluding hydrogens is 379 g/mol. The molecule has 2 aromatic rings.